The van der Waals surface area contributed by atoms with Gasteiger partial charge in [-0.25, -0.2) is 0 Å². The van der Waals surface area contributed by atoms with E-state index in [1.165, 1.54) is 0 Å². The Labute approximate surface area is 130 Å². The first-order valence-electron chi connectivity index (χ1n) is 5.48. The van der Waals surface area contributed by atoms with Gasteiger partial charge in [0.25, 0.3) is 0 Å². The van der Waals surface area contributed by atoms with Crippen molar-refractivity contribution in [1.29, 1.82) is 0 Å². The molecule has 11 heteroatoms. The quantitative estimate of drug-likeness (QED) is 0.301. The maximum absolute atomic E-state index is 9.99. The van der Waals surface area contributed by atoms with Crippen molar-refractivity contribution >= 4 is 23.9 Å². The molecule has 0 saturated carbocycles. The van der Waals surface area contributed by atoms with Crippen molar-refractivity contribution < 1.29 is 57.0 Å². The Morgan fingerprint density at radius 1 is 0.714 bits per heavy atom. The third kappa shape index (κ3) is 18.3. The molecule has 0 spiro atoms. The van der Waals surface area contributed by atoms with E-state index < -0.39 is 36.0 Å². The molecule has 0 aliphatic carbocycles. The van der Waals surface area contributed by atoms with Crippen molar-refractivity contribution in [2.75, 3.05) is 0 Å². The maximum Gasteiger partial charge on any atom is 0.320 e. The number of aliphatic carboxylic acids is 4. The summed E-state index contributed by atoms with van der Waals surface area (Å²) in [4.78, 5) is 39.7. The predicted octanol–water partition coefficient (Wildman–Crippen LogP) is -1.48. The van der Waals surface area contributed by atoms with Crippen LogP contribution in [0.3, 0.4) is 0 Å². The number of rotatable bonds is 8. The molecule has 0 bridgehead atoms. The Balaban J connectivity index is -0.000000295. The van der Waals surface area contributed by atoms with Gasteiger partial charge in [0.2, 0.25) is 0 Å². The van der Waals surface area contributed by atoms with E-state index in [1.807, 2.05) is 0 Å². The molecule has 10 nitrogen and oxygen atoms in total. The van der Waals surface area contributed by atoms with E-state index in [0.29, 0.717) is 0 Å². The zero-order valence-corrected chi connectivity index (χ0v) is 12.2. The molecular weight excluding hydrogens is 328 g/mol. The molecule has 122 valence electrons. The normalized spacial score (nSPS) is 11.9. The first-order chi connectivity index (χ1) is 9.07. The summed E-state index contributed by atoms with van der Waals surface area (Å²) >= 11 is 0. The smallest absolute Gasteiger partial charge is 0.320 e. The molecule has 0 fully saturated rings. The number of carboxylic acids is 4. The number of carbonyl (C=O) groups is 4. The van der Waals surface area contributed by atoms with E-state index in [1.54, 1.807) is 0 Å². The molecule has 0 aromatic carbocycles. The van der Waals surface area contributed by atoms with Crippen LogP contribution in [0.15, 0.2) is 0 Å². The average Bonchev–Trinajstić information content (AvgIpc) is 2.33. The first-order valence-corrected chi connectivity index (χ1v) is 5.48. The largest absolute Gasteiger partial charge is 0.481 e. The van der Waals surface area contributed by atoms with Crippen LogP contribution in [0, 0.1) is 0 Å². The Bertz CT molecular complexity index is 329. The van der Waals surface area contributed by atoms with Gasteiger partial charge in [0, 0.05) is 30.2 Å². The van der Waals surface area contributed by atoms with Crippen molar-refractivity contribution in [1.82, 2.24) is 0 Å². The van der Waals surface area contributed by atoms with Gasteiger partial charge < -0.3 is 31.9 Å². The molecule has 2 atom stereocenters. The Morgan fingerprint density at radius 3 is 1.10 bits per heavy atom. The topological polar surface area (TPSA) is 201 Å². The van der Waals surface area contributed by atoms with Crippen molar-refractivity contribution in [2.45, 2.75) is 37.8 Å². The summed E-state index contributed by atoms with van der Waals surface area (Å²) in [6, 6.07) is -2.12. The predicted molar refractivity (Wildman–Crippen MR) is 65.0 cm³/mol. The van der Waals surface area contributed by atoms with E-state index >= 15 is 0 Å². The van der Waals surface area contributed by atoms with Gasteiger partial charge in [-0.2, -0.15) is 0 Å². The Kier molecular flexibility index (Phi) is 15.5. The Hall–Kier alpha value is -1.67. The SMILES string of the molecule is N[C@@H](CCC(=O)O)C(=O)O.N[C@@H](CCC(=O)O)C(=O)O.[Cr]. The van der Waals surface area contributed by atoms with Crippen LogP contribution in [0.25, 0.3) is 0 Å². The minimum atomic E-state index is -1.17. The van der Waals surface area contributed by atoms with Gasteiger partial charge in [-0.3, -0.25) is 19.2 Å². The second-order valence-corrected chi connectivity index (χ2v) is 3.75. The first kappa shape index (κ1) is 24.4. The number of hydrogen-bond donors (Lipinski definition) is 6. The van der Waals surface area contributed by atoms with Crippen molar-refractivity contribution in [3.8, 4) is 0 Å². The molecule has 21 heavy (non-hydrogen) atoms. The third-order valence-electron chi connectivity index (χ3n) is 1.97. The molecule has 8 N–H and O–H groups in total. The summed E-state index contributed by atoms with van der Waals surface area (Å²) in [6.45, 7) is 0. The van der Waals surface area contributed by atoms with Crippen LogP contribution < -0.4 is 11.5 Å². The summed E-state index contributed by atoms with van der Waals surface area (Å²) < 4.78 is 0. The standard InChI is InChI=1S/2C5H9NO4.Cr/c2*6-3(5(9)10)1-2-4(7)8;/h2*3H,1-2,6H2,(H,7,8)(H,9,10);/t2*3-;/m00./s1. The number of nitrogens with two attached hydrogens (primary N) is 2. The second-order valence-electron chi connectivity index (χ2n) is 3.75. The van der Waals surface area contributed by atoms with Crippen LogP contribution in [-0.2, 0) is 36.5 Å². The van der Waals surface area contributed by atoms with Crippen LogP contribution in [0.4, 0.5) is 0 Å². The third-order valence-corrected chi connectivity index (χ3v) is 1.97. The summed E-state index contributed by atoms with van der Waals surface area (Å²) in [7, 11) is 0. The fourth-order valence-corrected chi connectivity index (χ4v) is 0.805. The summed E-state index contributed by atoms with van der Waals surface area (Å²) in [5, 5.41) is 32.5. The van der Waals surface area contributed by atoms with E-state index in [4.69, 9.17) is 31.9 Å². The van der Waals surface area contributed by atoms with E-state index in [-0.39, 0.29) is 43.0 Å². The zero-order valence-electron chi connectivity index (χ0n) is 11.0. The van der Waals surface area contributed by atoms with Crippen LogP contribution in [0.2, 0.25) is 0 Å². The van der Waals surface area contributed by atoms with Crippen LogP contribution >= 0.6 is 0 Å². The van der Waals surface area contributed by atoms with Crippen LogP contribution in [-0.4, -0.2) is 56.4 Å². The second kappa shape index (κ2) is 13.3. The number of hydrogen-bond acceptors (Lipinski definition) is 6. The average molecular weight is 346 g/mol. The van der Waals surface area contributed by atoms with Gasteiger partial charge >= 0.3 is 23.9 Å². The summed E-state index contributed by atoms with van der Waals surface area (Å²) in [5.74, 6) is -4.39. The zero-order chi connectivity index (χ0) is 16.3. The van der Waals surface area contributed by atoms with Gasteiger partial charge in [0.05, 0.1) is 0 Å². The molecule has 0 amide bonds. The number of carboxylic acid groups (broad SMARTS) is 4. The molecule has 0 rings (SSSR count). The van der Waals surface area contributed by atoms with Crippen molar-refractivity contribution in [3.05, 3.63) is 0 Å². The minimum absolute atomic E-state index is 0. The van der Waals surface area contributed by atoms with Gasteiger partial charge in [0.1, 0.15) is 12.1 Å². The van der Waals surface area contributed by atoms with Crippen molar-refractivity contribution in [3.63, 3.8) is 0 Å². The molecule has 0 aliphatic rings. The molecular formula is C10H18CrN2O8. The van der Waals surface area contributed by atoms with Gasteiger partial charge in [-0.1, -0.05) is 0 Å². The van der Waals surface area contributed by atoms with Gasteiger partial charge in [-0.15, -0.1) is 0 Å². The summed E-state index contributed by atoms with van der Waals surface area (Å²) in [6.07, 6.45) is -0.448. The van der Waals surface area contributed by atoms with Crippen LogP contribution in [0.5, 0.6) is 0 Å². The molecule has 0 saturated heterocycles. The molecule has 0 aromatic heterocycles. The van der Waals surface area contributed by atoms with Gasteiger partial charge in [-0.05, 0) is 12.8 Å². The molecule has 0 unspecified atom stereocenters. The minimum Gasteiger partial charge on any atom is -0.481 e. The van der Waals surface area contributed by atoms with Crippen molar-refractivity contribution in [2.24, 2.45) is 11.5 Å². The maximum atomic E-state index is 9.99. The van der Waals surface area contributed by atoms with E-state index in [0.717, 1.165) is 0 Å². The van der Waals surface area contributed by atoms with Gasteiger partial charge in [0.15, 0.2) is 0 Å². The monoisotopic (exact) mass is 346 g/mol. The summed E-state index contributed by atoms with van der Waals surface area (Å²) in [5.41, 5.74) is 10.0. The fraction of sp³-hybridized carbons (Fsp3) is 0.600. The van der Waals surface area contributed by atoms with E-state index in [2.05, 4.69) is 0 Å². The molecule has 0 heterocycles. The van der Waals surface area contributed by atoms with Crippen LogP contribution in [0.1, 0.15) is 25.7 Å². The van der Waals surface area contributed by atoms with E-state index in [9.17, 15) is 19.2 Å². The Morgan fingerprint density at radius 2 is 0.952 bits per heavy atom. The fourth-order valence-electron chi connectivity index (χ4n) is 0.805. The molecule has 0 aliphatic heterocycles. The molecule has 0 aromatic rings. The molecule has 0 radical (unpaired) electrons.